The number of aliphatic hydroxyl groups excluding tert-OH is 1. The van der Waals surface area contributed by atoms with Gasteiger partial charge < -0.3 is 19.9 Å². The molecule has 6 nitrogen and oxygen atoms in total. The molecule has 1 heterocycles. The van der Waals surface area contributed by atoms with Crippen molar-refractivity contribution in [2.24, 2.45) is 0 Å². The second-order valence-corrected chi connectivity index (χ2v) is 7.30. The summed E-state index contributed by atoms with van der Waals surface area (Å²) < 4.78 is 12.0. The van der Waals surface area contributed by atoms with Crippen LogP contribution in [0.25, 0.3) is 0 Å². The predicted molar refractivity (Wildman–Crippen MR) is 109 cm³/mol. The Balaban J connectivity index is 2.58. The van der Waals surface area contributed by atoms with Crippen LogP contribution >= 0.6 is 15.9 Å². The fourth-order valence-corrected chi connectivity index (χ4v) is 3.47. The molecule has 0 spiro atoms. The monoisotopic (exact) mass is 436 g/mol. The first-order valence-electron chi connectivity index (χ1n) is 8.72. The maximum atomic E-state index is 12.5. The van der Waals surface area contributed by atoms with E-state index >= 15 is 0 Å². The van der Waals surface area contributed by atoms with Crippen molar-refractivity contribution >= 4 is 27.6 Å². The van der Waals surface area contributed by atoms with Gasteiger partial charge in [-0.1, -0.05) is 22.9 Å². The number of ether oxygens (including phenoxy) is 2. The summed E-state index contributed by atoms with van der Waals surface area (Å²) in [5.41, 5.74) is 3.24. The first-order chi connectivity index (χ1) is 12.8. The van der Waals surface area contributed by atoms with Crippen molar-refractivity contribution in [1.82, 2.24) is 4.98 Å². The SMILES string of the molecule is CC[C@@H](CO)Nc1cc(C)nc(Oc2c(C)cc(Br)cc2C)c1C(=O)OC. The van der Waals surface area contributed by atoms with Crippen molar-refractivity contribution < 1.29 is 19.4 Å². The third kappa shape index (κ3) is 4.99. The molecular weight excluding hydrogens is 412 g/mol. The van der Waals surface area contributed by atoms with Gasteiger partial charge >= 0.3 is 5.97 Å². The molecule has 0 radical (unpaired) electrons. The van der Waals surface area contributed by atoms with E-state index in [1.54, 1.807) is 6.07 Å². The van der Waals surface area contributed by atoms with E-state index in [9.17, 15) is 9.90 Å². The second kappa shape index (κ2) is 9.19. The van der Waals surface area contributed by atoms with Crippen LogP contribution < -0.4 is 10.1 Å². The van der Waals surface area contributed by atoms with Crippen molar-refractivity contribution in [3.63, 3.8) is 0 Å². The van der Waals surface area contributed by atoms with E-state index < -0.39 is 5.97 Å². The average molecular weight is 437 g/mol. The predicted octanol–water partition coefficient (Wildman–Crippen LogP) is 4.53. The summed E-state index contributed by atoms with van der Waals surface area (Å²) >= 11 is 3.47. The molecule has 0 amide bonds. The highest BCUT2D eigenvalue weighted by Gasteiger charge is 2.24. The number of hydrogen-bond donors (Lipinski definition) is 2. The van der Waals surface area contributed by atoms with Gasteiger partial charge in [0.15, 0.2) is 0 Å². The molecule has 0 aliphatic rings. The number of rotatable bonds is 7. The molecule has 7 heteroatoms. The fraction of sp³-hybridized carbons (Fsp3) is 0.400. The molecule has 0 bridgehead atoms. The van der Waals surface area contributed by atoms with Gasteiger partial charge in [0.25, 0.3) is 0 Å². The molecule has 0 saturated carbocycles. The zero-order valence-corrected chi connectivity index (χ0v) is 17.8. The third-order valence-corrected chi connectivity index (χ3v) is 4.66. The summed E-state index contributed by atoms with van der Waals surface area (Å²) in [7, 11) is 1.31. The Morgan fingerprint density at radius 1 is 1.26 bits per heavy atom. The molecular formula is C20H25BrN2O4. The van der Waals surface area contributed by atoms with E-state index in [-0.39, 0.29) is 24.1 Å². The van der Waals surface area contributed by atoms with Crippen LogP contribution in [0.3, 0.4) is 0 Å². The molecule has 2 rings (SSSR count). The second-order valence-electron chi connectivity index (χ2n) is 6.39. The number of anilines is 1. The zero-order valence-electron chi connectivity index (χ0n) is 16.2. The molecule has 2 aromatic rings. The maximum Gasteiger partial charge on any atom is 0.345 e. The Hall–Kier alpha value is -2.12. The van der Waals surface area contributed by atoms with Crippen LogP contribution in [0, 0.1) is 20.8 Å². The highest BCUT2D eigenvalue weighted by atomic mass is 79.9. The first kappa shape index (κ1) is 21.2. The fourth-order valence-electron chi connectivity index (χ4n) is 2.78. The molecule has 2 N–H and O–H groups in total. The van der Waals surface area contributed by atoms with Gasteiger partial charge in [-0.2, -0.15) is 0 Å². The molecule has 1 atom stereocenters. The lowest BCUT2D eigenvalue weighted by molar-refractivity contribution is 0.0598. The number of aliphatic hydroxyl groups is 1. The van der Waals surface area contributed by atoms with Gasteiger partial charge in [0, 0.05) is 16.2 Å². The Morgan fingerprint density at radius 2 is 1.89 bits per heavy atom. The van der Waals surface area contributed by atoms with Crippen molar-refractivity contribution in [2.45, 2.75) is 40.2 Å². The van der Waals surface area contributed by atoms with E-state index in [1.807, 2.05) is 39.8 Å². The van der Waals surface area contributed by atoms with Gasteiger partial charge in [0.1, 0.15) is 11.3 Å². The molecule has 1 aromatic heterocycles. The van der Waals surface area contributed by atoms with E-state index in [2.05, 4.69) is 26.2 Å². The summed E-state index contributed by atoms with van der Waals surface area (Å²) in [4.78, 5) is 16.9. The zero-order chi connectivity index (χ0) is 20.1. The minimum absolute atomic E-state index is 0.0560. The van der Waals surface area contributed by atoms with Crippen LogP contribution in [0.4, 0.5) is 5.69 Å². The topological polar surface area (TPSA) is 80.7 Å². The lowest BCUT2D eigenvalue weighted by Crippen LogP contribution is -2.24. The lowest BCUT2D eigenvalue weighted by atomic mass is 10.1. The molecule has 146 valence electrons. The van der Waals surface area contributed by atoms with E-state index in [0.717, 1.165) is 15.6 Å². The van der Waals surface area contributed by atoms with E-state index in [0.29, 0.717) is 23.6 Å². The summed E-state index contributed by atoms with van der Waals surface area (Å²) in [5, 5.41) is 12.7. The maximum absolute atomic E-state index is 12.5. The van der Waals surface area contributed by atoms with Crippen LogP contribution in [0.15, 0.2) is 22.7 Å². The van der Waals surface area contributed by atoms with Gasteiger partial charge in [-0.15, -0.1) is 0 Å². The molecule has 0 unspecified atom stereocenters. The number of halogens is 1. The van der Waals surface area contributed by atoms with Crippen LogP contribution in [-0.2, 0) is 4.74 Å². The largest absolute Gasteiger partial charge is 0.465 e. The Kier molecular flexibility index (Phi) is 7.21. The number of methoxy groups -OCH3 is 1. The van der Waals surface area contributed by atoms with Gasteiger partial charge in [-0.05, 0) is 56.5 Å². The lowest BCUT2D eigenvalue weighted by Gasteiger charge is -2.20. The summed E-state index contributed by atoms with van der Waals surface area (Å²) in [6, 6.07) is 5.43. The number of hydrogen-bond acceptors (Lipinski definition) is 6. The number of carbonyl (C=O) groups excluding carboxylic acids is 1. The van der Waals surface area contributed by atoms with E-state index in [4.69, 9.17) is 9.47 Å². The van der Waals surface area contributed by atoms with Crippen LogP contribution in [0.1, 0.15) is 40.5 Å². The normalized spacial score (nSPS) is 11.8. The molecule has 0 fully saturated rings. The summed E-state index contributed by atoms with van der Waals surface area (Å²) in [5.74, 6) is 0.257. The quantitative estimate of drug-likeness (QED) is 0.620. The smallest absolute Gasteiger partial charge is 0.345 e. The highest BCUT2D eigenvalue weighted by Crippen LogP contribution is 2.35. The molecule has 1 aromatic carbocycles. The summed E-state index contributed by atoms with van der Waals surface area (Å²) in [6.45, 7) is 7.57. The average Bonchev–Trinajstić information content (AvgIpc) is 2.61. The number of carbonyl (C=O) groups is 1. The van der Waals surface area contributed by atoms with Crippen LogP contribution in [0.5, 0.6) is 11.6 Å². The number of nitrogens with one attached hydrogen (secondary N) is 1. The van der Waals surface area contributed by atoms with Crippen molar-refractivity contribution in [3.8, 4) is 11.6 Å². The molecule has 27 heavy (non-hydrogen) atoms. The van der Waals surface area contributed by atoms with Gasteiger partial charge in [0.2, 0.25) is 5.88 Å². The van der Waals surface area contributed by atoms with Crippen molar-refractivity contribution in [3.05, 3.63) is 45.1 Å². The number of benzene rings is 1. The number of aromatic nitrogens is 1. The van der Waals surface area contributed by atoms with Crippen LogP contribution in [-0.4, -0.2) is 35.8 Å². The Morgan fingerprint density at radius 3 is 2.41 bits per heavy atom. The Labute approximate surface area is 168 Å². The molecule has 0 aliphatic heterocycles. The van der Waals surface area contributed by atoms with Gasteiger partial charge in [-0.25, -0.2) is 9.78 Å². The molecule has 0 aliphatic carbocycles. The third-order valence-electron chi connectivity index (χ3n) is 4.20. The minimum Gasteiger partial charge on any atom is -0.465 e. The van der Waals surface area contributed by atoms with Crippen LogP contribution in [0.2, 0.25) is 0 Å². The highest BCUT2D eigenvalue weighted by molar-refractivity contribution is 9.10. The summed E-state index contributed by atoms with van der Waals surface area (Å²) in [6.07, 6.45) is 0.694. The number of aryl methyl sites for hydroxylation is 3. The van der Waals surface area contributed by atoms with Crippen molar-refractivity contribution in [1.29, 1.82) is 0 Å². The number of pyridine rings is 1. The molecule has 0 saturated heterocycles. The Bertz CT molecular complexity index is 812. The van der Waals surface area contributed by atoms with Gasteiger partial charge in [0.05, 0.1) is 19.4 Å². The number of nitrogens with zero attached hydrogens (tertiary/aromatic N) is 1. The van der Waals surface area contributed by atoms with Gasteiger partial charge in [-0.3, -0.25) is 0 Å². The standard InChI is InChI=1S/C20H25BrN2O4/c1-6-15(10-24)23-16-9-13(4)22-19(17(16)20(25)26-5)27-18-11(2)7-14(21)8-12(18)3/h7-9,15,24H,6,10H2,1-5H3,(H,22,23)/t15-/m0/s1. The van der Waals surface area contributed by atoms with E-state index in [1.165, 1.54) is 7.11 Å². The number of esters is 1. The minimum atomic E-state index is -0.555. The first-order valence-corrected chi connectivity index (χ1v) is 9.51. The van der Waals surface area contributed by atoms with Crippen molar-refractivity contribution in [2.75, 3.05) is 19.0 Å².